The smallest absolute Gasteiger partial charge is 0.263 e. The molecule has 0 amide bonds. The van der Waals surface area contributed by atoms with Crippen LogP contribution in [0.5, 0.6) is 0 Å². The number of hydrogen-bond donors (Lipinski definition) is 1. The van der Waals surface area contributed by atoms with Crippen LogP contribution in [-0.2, 0) is 6.42 Å². The summed E-state index contributed by atoms with van der Waals surface area (Å²) in [6.45, 7) is 0. The van der Waals surface area contributed by atoms with Crippen LogP contribution in [0.15, 0.2) is 138 Å². The van der Waals surface area contributed by atoms with Crippen LogP contribution in [0.2, 0.25) is 0 Å². The maximum atomic E-state index is 13.6. The molecule has 9 rings (SSSR count). The maximum Gasteiger partial charge on any atom is 0.263 e. The number of H-pyrrole nitrogens is 1. The van der Waals surface area contributed by atoms with Crippen molar-refractivity contribution in [3.8, 4) is 22.4 Å². The highest BCUT2D eigenvalue weighted by Crippen LogP contribution is 2.37. The number of nitrogens with zero attached hydrogens (tertiary/aromatic N) is 2. The van der Waals surface area contributed by atoms with Gasteiger partial charge in [0.1, 0.15) is 0 Å². The number of rotatable bonds is 4. The van der Waals surface area contributed by atoms with Crippen molar-refractivity contribution in [1.82, 2.24) is 14.4 Å². The molecule has 1 N–H and O–H groups in total. The number of pyridine rings is 2. The molecule has 4 heterocycles. The van der Waals surface area contributed by atoms with Crippen molar-refractivity contribution in [2.75, 3.05) is 0 Å². The standard InChI is InChI=1S/C39H25N3O/c43-39-31-12-5-4-11-29(31)37-38-30(20-21-40-37)32-23-27(18-19-35(32)42(38)39)25-14-16-26(17-15-25)36-33(22-24-8-2-1-3-9-24)28-10-6-7-13-34(28)41-36/h1-21,23,41H,22H2. The average molecular weight is 552 g/mol. The summed E-state index contributed by atoms with van der Waals surface area (Å²) < 4.78 is 1.84. The molecule has 0 atom stereocenters. The molecule has 4 nitrogen and oxygen atoms in total. The van der Waals surface area contributed by atoms with Gasteiger partial charge in [-0.15, -0.1) is 0 Å². The van der Waals surface area contributed by atoms with Gasteiger partial charge in [-0.05, 0) is 58.1 Å². The van der Waals surface area contributed by atoms with Gasteiger partial charge in [-0.25, -0.2) is 0 Å². The summed E-state index contributed by atoms with van der Waals surface area (Å²) in [4.78, 5) is 22.0. The molecule has 0 saturated heterocycles. The minimum Gasteiger partial charge on any atom is -0.354 e. The van der Waals surface area contributed by atoms with E-state index in [0.717, 1.165) is 67.0 Å². The van der Waals surface area contributed by atoms with Crippen LogP contribution in [0.1, 0.15) is 11.1 Å². The fourth-order valence-electron chi connectivity index (χ4n) is 6.81. The van der Waals surface area contributed by atoms with Crippen LogP contribution in [0, 0.1) is 0 Å². The van der Waals surface area contributed by atoms with Gasteiger partial charge in [0, 0.05) is 45.1 Å². The quantitative estimate of drug-likeness (QED) is 0.222. The van der Waals surface area contributed by atoms with Crippen molar-refractivity contribution in [1.29, 1.82) is 0 Å². The van der Waals surface area contributed by atoms with E-state index in [9.17, 15) is 4.79 Å². The average Bonchev–Trinajstić information content (AvgIpc) is 3.60. The van der Waals surface area contributed by atoms with Gasteiger partial charge in [-0.2, -0.15) is 0 Å². The van der Waals surface area contributed by atoms with Crippen LogP contribution in [0.3, 0.4) is 0 Å². The Morgan fingerprint density at radius 3 is 2.14 bits per heavy atom. The first kappa shape index (κ1) is 23.9. The Labute approximate surface area is 246 Å². The Bertz CT molecular complexity index is 2540. The normalized spacial score (nSPS) is 11.9. The summed E-state index contributed by atoms with van der Waals surface area (Å²) in [7, 11) is 0. The summed E-state index contributed by atoms with van der Waals surface area (Å²) in [5, 5.41) is 4.95. The molecule has 9 aromatic rings. The third-order valence-electron chi connectivity index (χ3n) is 8.84. The van der Waals surface area contributed by atoms with Gasteiger partial charge in [0.05, 0.1) is 22.2 Å². The lowest BCUT2D eigenvalue weighted by Crippen LogP contribution is -2.13. The van der Waals surface area contributed by atoms with E-state index in [1.165, 1.54) is 16.5 Å². The molecule has 0 spiro atoms. The van der Waals surface area contributed by atoms with Crippen LogP contribution in [0.4, 0.5) is 0 Å². The van der Waals surface area contributed by atoms with Gasteiger partial charge in [0.15, 0.2) is 0 Å². The monoisotopic (exact) mass is 551 g/mol. The van der Waals surface area contributed by atoms with Crippen molar-refractivity contribution in [3.05, 3.63) is 155 Å². The molecule has 0 unspecified atom stereocenters. The van der Waals surface area contributed by atoms with E-state index in [1.54, 1.807) is 0 Å². The summed E-state index contributed by atoms with van der Waals surface area (Å²) in [5.74, 6) is 0. The van der Waals surface area contributed by atoms with Crippen LogP contribution in [-0.4, -0.2) is 14.4 Å². The Kier molecular flexibility index (Phi) is 5.08. The molecular weight excluding hydrogens is 526 g/mol. The number of aromatic nitrogens is 3. The van der Waals surface area contributed by atoms with Crippen molar-refractivity contribution in [3.63, 3.8) is 0 Å². The Balaban J connectivity index is 1.17. The number of para-hydroxylation sites is 1. The first-order chi connectivity index (χ1) is 21.2. The third kappa shape index (κ3) is 3.57. The SMILES string of the molecule is O=c1c2ccccc2c2nccc3c4cc(-c5ccc(-c6[nH]c7ccccc7c6Cc6ccccc6)cc5)ccc4n1c32. The van der Waals surface area contributed by atoms with Gasteiger partial charge >= 0.3 is 0 Å². The molecule has 0 saturated carbocycles. The van der Waals surface area contributed by atoms with Crippen molar-refractivity contribution in [2.45, 2.75) is 6.42 Å². The van der Waals surface area contributed by atoms with Gasteiger partial charge in [0.25, 0.3) is 5.56 Å². The van der Waals surface area contributed by atoms with Gasteiger partial charge < -0.3 is 4.98 Å². The summed E-state index contributed by atoms with van der Waals surface area (Å²) >= 11 is 0. The predicted molar refractivity (Wildman–Crippen MR) is 177 cm³/mol. The molecule has 0 aliphatic carbocycles. The summed E-state index contributed by atoms with van der Waals surface area (Å²) in [5.41, 5.74) is 11.0. The topological polar surface area (TPSA) is 50.2 Å². The lowest BCUT2D eigenvalue weighted by molar-refractivity contribution is 1.20. The van der Waals surface area contributed by atoms with Crippen LogP contribution < -0.4 is 5.56 Å². The maximum absolute atomic E-state index is 13.6. The van der Waals surface area contributed by atoms with Gasteiger partial charge in [0.2, 0.25) is 0 Å². The lowest BCUT2D eigenvalue weighted by Gasteiger charge is -2.08. The lowest BCUT2D eigenvalue weighted by atomic mass is 9.96. The predicted octanol–water partition coefficient (Wildman–Crippen LogP) is 9.00. The molecule has 4 aromatic heterocycles. The molecular formula is C39H25N3O. The van der Waals surface area contributed by atoms with E-state index < -0.39 is 0 Å². The number of hydrogen-bond acceptors (Lipinski definition) is 2. The first-order valence-corrected chi connectivity index (χ1v) is 14.6. The molecule has 0 fully saturated rings. The first-order valence-electron chi connectivity index (χ1n) is 14.6. The van der Waals surface area contributed by atoms with Crippen molar-refractivity contribution < 1.29 is 0 Å². The Hall–Kier alpha value is -5.74. The second kappa shape index (κ2) is 9.13. The number of aromatic amines is 1. The number of nitrogens with one attached hydrogen (secondary N) is 1. The van der Waals surface area contributed by atoms with E-state index in [0.29, 0.717) is 5.39 Å². The molecule has 4 heteroatoms. The molecule has 0 radical (unpaired) electrons. The second-order valence-electron chi connectivity index (χ2n) is 11.2. The second-order valence-corrected chi connectivity index (χ2v) is 11.2. The zero-order valence-electron chi connectivity index (χ0n) is 23.2. The highest BCUT2D eigenvalue weighted by Gasteiger charge is 2.18. The number of fused-ring (bicyclic) bond motifs is 6. The minimum absolute atomic E-state index is 0.00200. The molecule has 5 aromatic carbocycles. The number of benzene rings is 5. The van der Waals surface area contributed by atoms with E-state index >= 15 is 0 Å². The molecule has 0 bridgehead atoms. The zero-order chi connectivity index (χ0) is 28.5. The molecule has 0 aliphatic rings. The van der Waals surface area contributed by atoms with E-state index in [4.69, 9.17) is 4.98 Å². The van der Waals surface area contributed by atoms with Gasteiger partial charge in [-0.3, -0.25) is 14.2 Å². The van der Waals surface area contributed by atoms with Crippen molar-refractivity contribution >= 4 is 49.0 Å². The summed E-state index contributed by atoms with van der Waals surface area (Å²) in [6, 6.07) is 44.2. The molecule has 0 aliphatic heterocycles. The Morgan fingerprint density at radius 1 is 0.605 bits per heavy atom. The summed E-state index contributed by atoms with van der Waals surface area (Å²) in [6.07, 6.45) is 2.71. The van der Waals surface area contributed by atoms with Crippen molar-refractivity contribution in [2.24, 2.45) is 0 Å². The zero-order valence-corrected chi connectivity index (χ0v) is 23.2. The largest absolute Gasteiger partial charge is 0.354 e. The Morgan fingerprint density at radius 2 is 1.30 bits per heavy atom. The molecule has 43 heavy (non-hydrogen) atoms. The van der Waals surface area contributed by atoms with E-state index in [2.05, 4.69) is 102 Å². The van der Waals surface area contributed by atoms with Crippen LogP contribution >= 0.6 is 0 Å². The van der Waals surface area contributed by atoms with Crippen LogP contribution in [0.25, 0.3) is 71.4 Å². The van der Waals surface area contributed by atoms with Gasteiger partial charge in [-0.1, -0.05) is 97.1 Å². The molecule has 202 valence electrons. The fourth-order valence-corrected chi connectivity index (χ4v) is 6.81. The fraction of sp³-hybridized carbons (Fsp3) is 0.0256. The highest BCUT2D eigenvalue weighted by atomic mass is 16.1. The third-order valence-corrected chi connectivity index (χ3v) is 8.84. The minimum atomic E-state index is -0.00200. The van der Waals surface area contributed by atoms with E-state index in [-0.39, 0.29) is 5.56 Å². The highest BCUT2D eigenvalue weighted by molar-refractivity contribution is 6.19. The van der Waals surface area contributed by atoms with E-state index in [1.807, 2.05) is 40.9 Å².